The molecule has 0 unspecified atom stereocenters. The van der Waals surface area contributed by atoms with Gasteiger partial charge in [-0.1, -0.05) is 12.1 Å². The van der Waals surface area contributed by atoms with Crippen LogP contribution in [-0.4, -0.2) is 26.2 Å². The molecule has 2 aromatic rings. The molecule has 3 rings (SSSR count). The maximum atomic E-state index is 12.4. The van der Waals surface area contributed by atoms with Crippen LogP contribution in [0.3, 0.4) is 0 Å². The Morgan fingerprint density at radius 3 is 2.70 bits per heavy atom. The Labute approximate surface area is 135 Å². The smallest absolute Gasteiger partial charge is 0.251 e. The molecule has 1 aliphatic heterocycles. The van der Waals surface area contributed by atoms with Crippen LogP contribution >= 0.6 is 0 Å². The van der Waals surface area contributed by atoms with Crippen molar-refractivity contribution in [1.82, 2.24) is 5.32 Å². The Morgan fingerprint density at radius 1 is 1.13 bits per heavy atom. The summed E-state index contributed by atoms with van der Waals surface area (Å²) in [4.78, 5) is 12.4. The summed E-state index contributed by atoms with van der Waals surface area (Å²) in [5.41, 5.74) is 1.53. The molecule has 0 aromatic heterocycles. The molecule has 0 fully saturated rings. The standard InChI is InChI=1S/C18H19NO4/c1-12(13-4-3-5-15(10-13)21-2)19-18(20)14-6-7-16-17(11-14)23-9-8-22-16/h3-7,10-12H,8-9H2,1-2H3,(H,19,20)/t12-/m0/s1. The van der Waals surface area contributed by atoms with Crippen LogP contribution in [0.1, 0.15) is 28.9 Å². The van der Waals surface area contributed by atoms with Crippen LogP contribution < -0.4 is 19.5 Å². The van der Waals surface area contributed by atoms with Crippen LogP contribution in [-0.2, 0) is 0 Å². The van der Waals surface area contributed by atoms with Crippen LogP contribution in [0.2, 0.25) is 0 Å². The second-order valence-electron chi connectivity index (χ2n) is 5.33. The summed E-state index contributed by atoms with van der Waals surface area (Å²) in [5, 5.41) is 2.98. The molecule has 120 valence electrons. The summed E-state index contributed by atoms with van der Waals surface area (Å²) in [5.74, 6) is 1.90. The van der Waals surface area contributed by atoms with E-state index in [4.69, 9.17) is 14.2 Å². The molecular formula is C18H19NO4. The van der Waals surface area contributed by atoms with Crippen molar-refractivity contribution in [3.63, 3.8) is 0 Å². The molecule has 0 aliphatic carbocycles. The number of hydrogen-bond acceptors (Lipinski definition) is 4. The van der Waals surface area contributed by atoms with Gasteiger partial charge in [-0.05, 0) is 42.8 Å². The van der Waals surface area contributed by atoms with E-state index < -0.39 is 0 Å². The minimum atomic E-state index is -0.155. The summed E-state index contributed by atoms with van der Waals surface area (Å²) in [6, 6.07) is 12.7. The maximum absolute atomic E-state index is 12.4. The zero-order chi connectivity index (χ0) is 16.2. The van der Waals surface area contributed by atoms with Gasteiger partial charge >= 0.3 is 0 Å². The van der Waals surface area contributed by atoms with E-state index in [0.717, 1.165) is 11.3 Å². The van der Waals surface area contributed by atoms with Crippen LogP contribution in [0.5, 0.6) is 17.2 Å². The fourth-order valence-electron chi connectivity index (χ4n) is 2.46. The summed E-state index contributed by atoms with van der Waals surface area (Å²) in [6.45, 7) is 2.97. The highest BCUT2D eigenvalue weighted by molar-refractivity contribution is 5.95. The number of nitrogens with one attached hydrogen (secondary N) is 1. The molecule has 1 aliphatic rings. The summed E-state index contributed by atoms with van der Waals surface area (Å²) in [6.07, 6.45) is 0. The Hall–Kier alpha value is -2.69. The molecule has 0 bridgehead atoms. The van der Waals surface area contributed by atoms with Gasteiger partial charge in [0.2, 0.25) is 0 Å². The Morgan fingerprint density at radius 2 is 1.91 bits per heavy atom. The average Bonchev–Trinajstić information content (AvgIpc) is 2.61. The zero-order valence-corrected chi connectivity index (χ0v) is 13.2. The lowest BCUT2D eigenvalue weighted by Gasteiger charge is -2.19. The molecule has 0 radical (unpaired) electrons. The van der Waals surface area contributed by atoms with Crippen molar-refractivity contribution in [2.24, 2.45) is 0 Å². The predicted molar refractivity (Wildman–Crippen MR) is 86.3 cm³/mol. The van der Waals surface area contributed by atoms with Gasteiger partial charge in [0.15, 0.2) is 11.5 Å². The van der Waals surface area contributed by atoms with E-state index in [1.807, 2.05) is 31.2 Å². The third kappa shape index (κ3) is 3.39. The molecule has 23 heavy (non-hydrogen) atoms. The van der Waals surface area contributed by atoms with Gasteiger partial charge in [0.05, 0.1) is 13.2 Å². The lowest BCUT2D eigenvalue weighted by Crippen LogP contribution is -2.27. The van der Waals surface area contributed by atoms with Gasteiger partial charge < -0.3 is 19.5 Å². The maximum Gasteiger partial charge on any atom is 0.251 e. The Kier molecular flexibility index (Phi) is 4.37. The van der Waals surface area contributed by atoms with Gasteiger partial charge in [-0.25, -0.2) is 0 Å². The molecule has 2 aromatic carbocycles. The summed E-state index contributed by atoms with van der Waals surface area (Å²) >= 11 is 0. The molecule has 0 saturated heterocycles. The third-order valence-electron chi connectivity index (χ3n) is 3.75. The second-order valence-corrected chi connectivity index (χ2v) is 5.33. The molecule has 5 heteroatoms. The molecule has 1 atom stereocenters. The van der Waals surface area contributed by atoms with E-state index in [2.05, 4.69) is 5.32 Å². The van der Waals surface area contributed by atoms with Crippen molar-refractivity contribution in [2.75, 3.05) is 20.3 Å². The summed E-state index contributed by atoms with van der Waals surface area (Å²) in [7, 11) is 1.62. The van der Waals surface area contributed by atoms with Crippen LogP contribution in [0, 0.1) is 0 Å². The highest BCUT2D eigenvalue weighted by Gasteiger charge is 2.16. The highest BCUT2D eigenvalue weighted by Crippen LogP contribution is 2.31. The Balaban J connectivity index is 1.73. The number of carbonyl (C=O) groups is 1. The molecule has 1 N–H and O–H groups in total. The minimum absolute atomic E-state index is 0.134. The van der Waals surface area contributed by atoms with Crippen molar-refractivity contribution in [3.05, 3.63) is 53.6 Å². The predicted octanol–water partition coefficient (Wildman–Crippen LogP) is 2.96. The largest absolute Gasteiger partial charge is 0.497 e. The van der Waals surface area contributed by atoms with Crippen molar-refractivity contribution in [2.45, 2.75) is 13.0 Å². The zero-order valence-electron chi connectivity index (χ0n) is 13.2. The number of hydrogen-bond donors (Lipinski definition) is 1. The van der Waals surface area contributed by atoms with Crippen molar-refractivity contribution >= 4 is 5.91 Å². The minimum Gasteiger partial charge on any atom is -0.497 e. The molecule has 1 amide bonds. The first-order valence-electron chi connectivity index (χ1n) is 7.52. The lowest BCUT2D eigenvalue weighted by atomic mass is 10.1. The number of fused-ring (bicyclic) bond motifs is 1. The number of ether oxygens (including phenoxy) is 3. The highest BCUT2D eigenvalue weighted by atomic mass is 16.6. The van der Waals surface area contributed by atoms with Crippen LogP contribution in [0.15, 0.2) is 42.5 Å². The van der Waals surface area contributed by atoms with E-state index >= 15 is 0 Å². The van der Waals surface area contributed by atoms with E-state index in [1.165, 1.54) is 0 Å². The van der Waals surface area contributed by atoms with Gasteiger partial charge in [-0.2, -0.15) is 0 Å². The molecule has 0 spiro atoms. The lowest BCUT2D eigenvalue weighted by molar-refractivity contribution is 0.0938. The third-order valence-corrected chi connectivity index (χ3v) is 3.75. The molecular weight excluding hydrogens is 294 g/mol. The van der Waals surface area contributed by atoms with E-state index in [-0.39, 0.29) is 11.9 Å². The van der Waals surface area contributed by atoms with Crippen molar-refractivity contribution in [1.29, 1.82) is 0 Å². The SMILES string of the molecule is COc1cccc([C@H](C)NC(=O)c2ccc3c(c2)OCCO3)c1. The van der Waals surface area contributed by atoms with E-state index in [1.54, 1.807) is 25.3 Å². The summed E-state index contributed by atoms with van der Waals surface area (Å²) < 4.78 is 16.2. The fourth-order valence-corrected chi connectivity index (χ4v) is 2.46. The topological polar surface area (TPSA) is 56.8 Å². The molecule has 5 nitrogen and oxygen atoms in total. The monoisotopic (exact) mass is 313 g/mol. The number of methoxy groups -OCH3 is 1. The number of benzene rings is 2. The average molecular weight is 313 g/mol. The Bertz CT molecular complexity index is 714. The quantitative estimate of drug-likeness (QED) is 0.943. The van der Waals surface area contributed by atoms with Gasteiger partial charge in [0, 0.05) is 5.56 Å². The normalized spacial score (nSPS) is 14.0. The fraction of sp³-hybridized carbons (Fsp3) is 0.278. The first kappa shape index (κ1) is 15.2. The van der Waals surface area contributed by atoms with Gasteiger partial charge in [0.25, 0.3) is 5.91 Å². The van der Waals surface area contributed by atoms with Crippen LogP contribution in [0.25, 0.3) is 0 Å². The van der Waals surface area contributed by atoms with Crippen LogP contribution in [0.4, 0.5) is 0 Å². The molecule has 1 heterocycles. The number of rotatable bonds is 4. The number of amides is 1. The van der Waals surface area contributed by atoms with Crippen molar-refractivity contribution < 1.29 is 19.0 Å². The van der Waals surface area contributed by atoms with Crippen molar-refractivity contribution in [3.8, 4) is 17.2 Å². The second kappa shape index (κ2) is 6.60. The van der Waals surface area contributed by atoms with Gasteiger partial charge in [-0.3, -0.25) is 4.79 Å². The number of carbonyl (C=O) groups excluding carboxylic acids is 1. The van der Waals surface area contributed by atoms with E-state index in [9.17, 15) is 4.79 Å². The molecule has 0 saturated carbocycles. The van der Waals surface area contributed by atoms with E-state index in [0.29, 0.717) is 30.3 Å². The van der Waals surface area contributed by atoms with Gasteiger partial charge in [0.1, 0.15) is 19.0 Å². The first-order chi connectivity index (χ1) is 11.2. The first-order valence-corrected chi connectivity index (χ1v) is 7.52. The van der Waals surface area contributed by atoms with Gasteiger partial charge in [-0.15, -0.1) is 0 Å².